The Morgan fingerprint density at radius 2 is 1.82 bits per heavy atom. The minimum atomic E-state index is -0.111. The number of nitrogens with zero attached hydrogens (tertiary/aromatic N) is 3. The van der Waals surface area contributed by atoms with E-state index in [1.165, 1.54) is 7.11 Å². The Balaban J connectivity index is 1.59. The number of carbonyl (C=O) groups is 2. The SMILES string of the molecule is COc1ccc(C(=O)N2CCN(C(=O)/C=C/c3csc(C)n3)CC2)c(OC)c1. The van der Waals surface area contributed by atoms with Crippen molar-refractivity contribution in [1.82, 2.24) is 14.8 Å². The summed E-state index contributed by atoms with van der Waals surface area (Å²) in [6.45, 7) is 3.86. The quantitative estimate of drug-likeness (QED) is 0.720. The Labute approximate surface area is 168 Å². The summed E-state index contributed by atoms with van der Waals surface area (Å²) in [5.41, 5.74) is 1.28. The van der Waals surface area contributed by atoms with E-state index in [-0.39, 0.29) is 11.8 Å². The molecule has 0 radical (unpaired) electrons. The molecule has 148 valence electrons. The van der Waals surface area contributed by atoms with Crippen molar-refractivity contribution in [2.24, 2.45) is 0 Å². The summed E-state index contributed by atoms with van der Waals surface area (Å²) in [6, 6.07) is 5.13. The number of aryl methyl sites for hydroxylation is 1. The van der Waals surface area contributed by atoms with Crippen molar-refractivity contribution in [2.75, 3.05) is 40.4 Å². The first-order chi connectivity index (χ1) is 13.5. The molecule has 28 heavy (non-hydrogen) atoms. The van der Waals surface area contributed by atoms with Gasteiger partial charge in [-0.2, -0.15) is 0 Å². The number of benzene rings is 1. The van der Waals surface area contributed by atoms with Crippen LogP contribution in [0.3, 0.4) is 0 Å². The van der Waals surface area contributed by atoms with Gasteiger partial charge in [-0.15, -0.1) is 11.3 Å². The van der Waals surface area contributed by atoms with Gasteiger partial charge in [0, 0.05) is 43.7 Å². The van der Waals surface area contributed by atoms with Crippen molar-refractivity contribution in [2.45, 2.75) is 6.92 Å². The van der Waals surface area contributed by atoms with Crippen LogP contribution in [0.4, 0.5) is 0 Å². The number of aromatic nitrogens is 1. The van der Waals surface area contributed by atoms with Gasteiger partial charge < -0.3 is 19.3 Å². The highest BCUT2D eigenvalue weighted by Gasteiger charge is 2.26. The van der Waals surface area contributed by atoms with Gasteiger partial charge in [0.25, 0.3) is 5.91 Å². The summed E-state index contributed by atoms with van der Waals surface area (Å²) in [5.74, 6) is 0.926. The lowest BCUT2D eigenvalue weighted by Gasteiger charge is -2.34. The van der Waals surface area contributed by atoms with Crippen LogP contribution in [-0.4, -0.2) is 67.0 Å². The van der Waals surface area contributed by atoms with Crippen molar-refractivity contribution in [3.63, 3.8) is 0 Å². The van der Waals surface area contributed by atoms with E-state index in [4.69, 9.17) is 9.47 Å². The lowest BCUT2D eigenvalue weighted by atomic mass is 10.1. The molecule has 1 aliphatic rings. The topological polar surface area (TPSA) is 72.0 Å². The number of amides is 2. The molecule has 1 aliphatic heterocycles. The highest BCUT2D eigenvalue weighted by molar-refractivity contribution is 7.09. The molecule has 0 N–H and O–H groups in total. The maximum absolute atomic E-state index is 12.8. The molecular weight excluding hydrogens is 378 g/mol. The van der Waals surface area contributed by atoms with Gasteiger partial charge in [0.1, 0.15) is 11.5 Å². The molecule has 0 aliphatic carbocycles. The number of piperazine rings is 1. The molecule has 2 heterocycles. The maximum atomic E-state index is 12.8. The van der Waals surface area contributed by atoms with Gasteiger partial charge in [0.15, 0.2) is 0 Å². The summed E-state index contributed by atoms with van der Waals surface area (Å²) in [5, 5.41) is 2.88. The number of methoxy groups -OCH3 is 2. The molecule has 1 fully saturated rings. The zero-order chi connectivity index (χ0) is 20.1. The number of ether oxygens (including phenoxy) is 2. The van der Waals surface area contributed by atoms with E-state index < -0.39 is 0 Å². The van der Waals surface area contributed by atoms with Crippen LogP contribution in [0.2, 0.25) is 0 Å². The zero-order valence-electron chi connectivity index (χ0n) is 16.2. The summed E-state index contributed by atoms with van der Waals surface area (Å²) in [7, 11) is 3.09. The summed E-state index contributed by atoms with van der Waals surface area (Å²) in [4.78, 5) is 33.0. The molecule has 1 aromatic carbocycles. The molecule has 3 rings (SSSR count). The summed E-state index contributed by atoms with van der Waals surface area (Å²) in [6.07, 6.45) is 3.27. The Morgan fingerprint density at radius 3 is 2.43 bits per heavy atom. The van der Waals surface area contributed by atoms with Crippen LogP contribution in [0.5, 0.6) is 11.5 Å². The van der Waals surface area contributed by atoms with Crippen molar-refractivity contribution < 1.29 is 19.1 Å². The second-order valence-electron chi connectivity index (χ2n) is 6.31. The lowest BCUT2D eigenvalue weighted by Crippen LogP contribution is -2.50. The van der Waals surface area contributed by atoms with Gasteiger partial charge in [0.05, 0.1) is 30.5 Å². The van der Waals surface area contributed by atoms with Crippen LogP contribution in [-0.2, 0) is 4.79 Å². The van der Waals surface area contributed by atoms with Crippen LogP contribution >= 0.6 is 11.3 Å². The molecule has 0 unspecified atom stereocenters. The first-order valence-corrected chi connectivity index (χ1v) is 9.80. The highest BCUT2D eigenvalue weighted by atomic mass is 32.1. The zero-order valence-corrected chi connectivity index (χ0v) is 17.0. The molecule has 7 nitrogen and oxygen atoms in total. The largest absolute Gasteiger partial charge is 0.497 e. The average Bonchev–Trinajstić information content (AvgIpc) is 3.16. The van der Waals surface area contributed by atoms with E-state index in [1.807, 2.05) is 12.3 Å². The minimum absolute atomic E-state index is 0.0696. The van der Waals surface area contributed by atoms with Crippen molar-refractivity contribution >= 4 is 29.2 Å². The van der Waals surface area contributed by atoms with Gasteiger partial charge in [-0.25, -0.2) is 4.98 Å². The Morgan fingerprint density at radius 1 is 1.11 bits per heavy atom. The minimum Gasteiger partial charge on any atom is -0.497 e. The number of thiazole rings is 1. The fourth-order valence-corrected chi connectivity index (χ4v) is 3.57. The second kappa shape index (κ2) is 8.88. The third-order valence-electron chi connectivity index (χ3n) is 4.55. The van der Waals surface area contributed by atoms with Gasteiger partial charge in [-0.3, -0.25) is 9.59 Å². The van der Waals surface area contributed by atoms with Crippen LogP contribution in [0.15, 0.2) is 29.7 Å². The van der Waals surface area contributed by atoms with Gasteiger partial charge in [-0.05, 0) is 25.1 Å². The van der Waals surface area contributed by atoms with E-state index in [2.05, 4.69) is 4.98 Å². The highest BCUT2D eigenvalue weighted by Crippen LogP contribution is 2.26. The van der Waals surface area contributed by atoms with Crippen LogP contribution < -0.4 is 9.47 Å². The number of carbonyl (C=O) groups excluding carboxylic acids is 2. The molecular formula is C20H23N3O4S. The monoisotopic (exact) mass is 401 g/mol. The third kappa shape index (κ3) is 4.51. The van der Waals surface area contributed by atoms with Crippen molar-refractivity contribution in [1.29, 1.82) is 0 Å². The lowest BCUT2D eigenvalue weighted by molar-refractivity contribution is -0.127. The van der Waals surface area contributed by atoms with E-state index in [9.17, 15) is 9.59 Å². The predicted octanol–water partition coefficient (Wildman–Crippen LogP) is 2.47. The van der Waals surface area contributed by atoms with Gasteiger partial charge >= 0.3 is 0 Å². The van der Waals surface area contributed by atoms with Crippen LogP contribution in [0.1, 0.15) is 21.1 Å². The number of hydrogen-bond acceptors (Lipinski definition) is 6. The molecule has 8 heteroatoms. The molecule has 1 saturated heterocycles. The predicted molar refractivity (Wildman–Crippen MR) is 108 cm³/mol. The summed E-state index contributed by atoms with van der Waals surface area (Å²) < 4.78 is 10.5. The van der Waals surface area contributed by atoms with Crippen LogP contribution in [0.25, 0.3) is 6.08 Å². The first-order valence-electron chi connectivity index (χ1n) is 8.92. The van der Waals surface area contributed by atoms with E-state index in [0.29, 0.717) is 43.2 Å². The van der Waals surface area contributed by atoms with Crippen molar-refractivity contribution in [3.8, 4) is 11.5 Å². The summed E-state index contributed by atoms with van der Waals surface area (Å²) >= 11 is 1.55. The first kappa shape index (κ1) is 19.9. The average molecular weight is 401 g/mol. The molecule has 2 aromatic rings. The van der Waals surface area contributed by atoms with Gasteiger partial charge in [-0.1, -0.05) is 0 Å². The van der Waals surface area contributed by atoms with Gasteiger partial charge in [0.2, 0.25) is 5.91 Å². The van der Waals surface area contributed by atoms with E-state index in [0.717, 1.165) is 10.7 Å². The normalized spacial score (nSPS) is 14.4. The molecule has 0 saturated carbocycles. The smallest absolute Gasteiger partial charge is 0.257 e. The van der Waals surface area contributed by atoms with E-state index >= 15 is 0 Å². The second-order valence-corrected chi connectivity index (χ2v) is 7.37. The Bertz CT molecular complexity index is 885. The fraction of sp³-hybridized carbons (Fsp3) is 0.350. The fourth-order valence-electron chi connectivity index (χ4n) is 2.99. The Kier molecular flexibility index (Phi) is 6.30. The molecule has 0 bridgehead atoms. The van der Waals surface area contributed by atoms with Crippen LogP contribution in [0, 0.1) is 6.92 Å². The molecule has 0 atom stereocenters. The van der Waals surface area contributed by atoms with E-state index in [1.54, 1.807) is 58.6 Å². The molecule has 2 amide bonds. The standard InChI is InChI=1S/C20H23N3O4S/c1-14-21-15(13-28-14)4-7-19(24)22-8-10-23(11-9-22)20(25)17-6-5-16(26-2)12-18(17)27-3/h4-7,12-13H,8-11H2,1-3H3/b7-4+. The molecule has 0 spiro atoms. The third-order valence-corrected chi connectivity index (χ3v) is 5.34. The van der Waals surface area contributed by atoms with Crippen molar-refractivity contribution in [3.05, 3.63) is 45.9 Å². The number of hydrogen-bond donors (Lipinski definition) is 0. The number of rotatable bonds is 5. The molecule has 1 aromatic heterocycles. The maximum Gasteiger partial charge on any atom is 0.257 e. The Hall–Kier alpha value is -2.87.